The second-order valence-electron chi connectivity index (χ2n) is 12.3. The Bertz CT molecular complexity index is 2530. The lowest BCUT2D eigenvalue weighted by Gasteiger charge is -2.44. The zero-order chi connectivity index (χ0) is 31.1. The largest absolute Gasteiger partial charge is 0.294 e. The second-order valence-corrected chi connectivity index (χ2v) is 12.3. The lowest BCUT2D eigenvalue weighted by molar-refractivity contribution is 0.751. The van der Waals surface area contributed by atoms with Crippen LogP contribution in [0.4, 0.5) is 17.2 Å². The molecule has 3 heterocycles. The van der Waals surface area contributed by atoms with Crippen molar-refractivity contribution < 1.29 is 0 Å². The Morgan fingerprint density at radius 1 is 0.489 bits per heavy atom. The van der Waals surface area contributed by atoms with Gasteiger partial charge in [0.2, 0.25) is 0 Å². The maximum Gasteiger partial charge on any atom is 0.140 e. The Balaban J connectivity index is 1.24. The number of aromatic nitrogens is 2. The van der Waals surface area contributed by atoms with Gasteiger partial charge in [0.15, 0.2) is 0 Å². The fourth-order valence-corrected chi connectivity index (χ4v) is 8.26. The van der Waals surface area contributed by atoms with Crippen LogP contribution in [0, 0.1) is 11.3 Å². The summed E-state index contributed by atoms with van der Waals surface area (Å²) >= 11 is 0. The molecule has 0 radical (unpaired) electrons. The first-order valence-corrected chi connectivity index (χ1v) is 15.9. The third-order valence-electron chi connectivity index (χ3n) is 10.0. The zero-order valence-electron chi connectivity index (χ0n) is 25.3. The van der Waals surface area contributed by atoms with Gasteiger partial charge < -0.3 is 0 Å². The third kappa shape index (κ3) is 3.32. The van der Waals surface area contributed by atoms with E-state index in [1.165, 1.54) is 33.4 Å². The van der Waals surface area contributed by atoms with Gasteiger partial charge in [-0.15, -0.1) is 0 Å². The molecule has 4 nitrogen and oxygen atoms in total. The minimum Gasteiger partial charge on any atom is -0.294 e. The maximum absolute atomic E-state index is 9.64. The highest BCUT2D eigenvalue weighted by molar-refractivity contribution is 6.09. The number of anilines is 3. The van der Waals surface area contributed by atoms with E-state index in [0.29, 0.717) is 5.56 Å². The molecule has 0 N–H and O–H groups in total. The average molecular weight is 599 g/mol. The molecule has 2 aliphatic rings. The fraction of sp³-hybridized carbons (Fsp3) is 0.0233. The van der Waals surface area contributed by atoms with Crippen molar-refractivity contribution in [2.24, 2.45) is 0 Å². The van der Waals surface area contributed by atoms with Crippen LogP contribution in [0.3, 0.4) is 0 Å². The number of fused-ring (bicyclic) bond motifs is 12. The number of hydrogen-bond acceptors (Lipinski definition) is 3. The first-order valence-electron chi connectivity index (χ1n) is 15.9. The van der Waals surface area contributed by atoms with Crippen molar-refractivity contribution in [1.82, 2.24) is 9.55 Å². The number of rotatable bonds is 2. The predicted octanol–water partition coefficient (Wildman–Crippen LogP) is 10.2. The molecular weight excluding hydrogens is 573 g/mol. The molecule has 1 aliphatic heterocycles. The van der Waals surface area contributed by atoms with E-state index in [-0.39, 0.29) is 0 Å². The van der Waals surface area contributed by atoms with E-state index >= 15 is 0 Å². The minimum absolute atomic E-state index is 0.459. The van der Waals surface area contributed by atoms with Crippen LogP contribution in [0.1, 0.15) is 27.8 Å². The molecule has 6 aromatic carbocycles. The maximum atomic E-state index is 9.64. The molecule has 2 aromatic heterocycles. The number of nitrogens with zero attached hydrogens (tertiary/aromatic N) is 4. The summed E-state index contributed by atoms with van der Waals surface area (Å²) in [5, 5.41) is 11.8. The van der Waals surface area contributed by atoms with E-state index in [1.54, 1.807) is 0 Å². The van der Waals surface area contributed by atoms with Crippen molar-refractivity contribution in [3.05, 3.63) is 186 Å². The Morgan fingerprint density at radius 2 is 1.04 bits per heavy atom. The molecule has 8 aromatic rings. The molecule has 10 rings (SSSR count). The zero-order valence-corrected chi connectivity index (χ0v) is 25.3. The van der Waals surface area contributed by atoms with Crippen molar-refractivity contribution in [2.75, 3.05) is 4.90 Å². The molecule has 0 unspecified atom stereocenters. The number of benzene rings is 6. The van der Waals surface area contributed by atoms with E-state index in [9.17, 15) is 5.26 Å². The Hall–Kier alpha value is -6.44. The molecule has 0 amide bonds. The Labute approximate surface area is 272 Å². The van der Waals surface area contributed by atoms with Gasteiger partial charge in [-0.1, -0.05) is 109 Å². The van der Waals surface area contributed by atoms with Gasteiger partial charge in [0.1, 0.15) is 11.6 Å². The van der Waals surface area contributed by atoms with Gasteiger partial charge >= 0.3 is 0 Å². The van der Waals surface area contributed by atoms with E-state index < -0.39 is 5.41 Å². The Kier molecular flexibility index (Phi) is 5.24. The van der Waals surface area contributed by atoms with Crippen LogP contribution in [0.15, 0.2) is 158 Å². The highest BCUT2D eigenvalue weighted by Crippen LogP contribution is 2.63. The summed E-state index contributed by atoms with van der Waals surface area (Å²) in [5.74, 6) is 1.67. The summed E-state index contributed by atoms with van der Waals surface area (Å²) in [7, 11) is 0. The second kappa shape index (κ2) is 9.53. The first kappa shape index (κ1) is 25.8. The number of hydrogen-bond donors (Lipinski definition) is 0. The molecule has 0 atom stereocenters. The average Bonchev–Trinajstić information content (AvgIpc) is 3.63. The topological polar surface area (TPSA) is 44.9 Å². The van der Waals surface area contributed by atoms with Gasteiger partial charge in [-0.05, 0) is 81.9 Å². The lowest BCUT2D eigenvalue weighted by atomic mass is 9.65. The summed E-state index contributed by atoms with van der Waals surface area (Å²) in [6.45, 7) is 0. The van der Waals surface area contributed by atoms with Crippen molar-refractivity contribution in [3.63, 3.8) is 0 Å². The first-order chi connectivity index (χ1) is 23.3. The van der Waals surface area contributed by atoms with Crippen LogP contribution >= 0.6 is 0 Å². The highest BCUT2D eigenvalue weighted by atomic mass is 15.2. The minimum atomic E-state index is -0.459. The van der Waals surface area contributed by atoms with Gasteiger partial charge in [0, 0.05) is 10.8 Å². The van der Waals surface area contributed by atoms with Crippen molar-refractivity contribution in [3.8, 4) is 23.0 Å². The molecule has 47 heavy (non-hydrogen) atoms. The lowest BCUT2D eigenvalue weighted by Crippen LogP contribution is -2.36. The SMILES string of the molecule is N#Cc1ccc2c(c1)c1ccccc1n2-c1cccc(N2c3ccccc3C3(c4ccccc4-c4ccccc43)c3ccccc32)n1. The fourth-order valence-electron chi connectivity index (χ4n) is 8.26. The molecule has 0 saturated carbocycles. The van der Waals surface area contributed by atoms with Gasteiger partial charge in [-0.2, -0.15) is 5.26 Å². The summed E-state index contributed by atoms with van der Waals surface area (Å²) < 4.78 is 2.21. The molecule has 218 valence electrons. The summed E-state index contributed by atoms with van der Waals surface area (Å²) in [6, 6.07) is 58.2. The molecule has 1 spiro atoms. The number of nitriles is 1. The van der Waals surface area contributed by atoms with Crippen LogP contribution < -0.4 is 4.90 Å². The van der Waals surface area contributed by atoms with Crippen LogP contribution in [0.5, 0.6) is 0 Å². The van der Waals surface area contributed by atoms with Gasteiger partial charge in [-0.3, -0.25) is 9.47 Å². The molecule has 4 heteroatoms. The molecule has 0 fully saturated rings. The molecular formula is C43H26N4. The molecule has 0 bridgehead atoms. The van der Waals surface area contributed by atoms with Crippen molar-refractivity contribution in [1.29, 1.82) is 5.26 Å². The van der Waals surface area contributed by atoms with E-state index in [0.717, 1.165) is 44.8 Å². The van der Waals surface area contributed by atoms with Gasteiger partial charge in [0.25, 0.3) is 0 Å². The quantitative estimate of drug-likeness (QED) is 0.199. The van der Waals surface area contributed by atoms with Crippen LogP contribution in [0.25, 0.3) is 38.8 Å². The number of pyridine rings is 1. The summed E-state index contributed by atoms with van der Waals surface area (Å²) in [6.07, 6.45) is 0. The normalized spacial score (nSPS) is 13.6. The van der Waals surface area contributed by atoms with E-state index in [4.69, 9.17) is 4.98 Å². The predicted molar refractivity (Wildman–Crippen MR) is 189 cm³/mol. The van der Waals surface area contributed by atoms with Crippen LogP contribution in [-0.4, -0.2) is 9.55 Å². The monoisotopic (exact) mass is 598 g/mol. The van der Waals surface area contributed by atoms with Crippen molar-refractivity contribution in [2.45, 2.75) is 5.41 Å². The Morgan fingerprint density at radius 3 is 1.72 bits per heavy atom. The molecule has 0 saturated heterocycles. The number of para-hydroxylation sites is 3. The summed E-state index contributed by atoms with van der Waals surface area (Å²) in [4.78, 5) is 7.73. The van der Waals surface area contributed by atoms with Crippen LogP contribution in [-0.2, 0) is 5.41 Å². The van der Waals surface area contributed by atoms with E-state index in [1.807, 2.05) is 24.3 Å². The molecule has 1 aliphatic carbocycles. The smallest absolute Gasteiger partial charge is 0.140 e. The van der Waals surface area contributed by atoms with Gasteiger partial charge in [0.05, 0.1) is 39.5 Å². The van der Waals surface area contributed by atoms with Crippen LogP contribution in [0.2, 0.25) is 0 Å². The summed E-state index contributed by atoms with van der Waals surface area (Å²) in [5.41, 5.74) is 12.2. The van der Waals surface area contributed by atoms with E-state index in [2.05, 4.69) is 149 Å². The standard InChI is InChI=1S/C43H26N4/c44-27-28-24-25-38-32(26-28)31-14-3-8-19-37(31)46(38)41-22-11-23-42(45-41)47-39-20-9-6-17-35(39)43(36-18-7-10-21-40(36)47)33-15-4-1-12-29(33)30-13-2-5-16-34(30)43/h1-26H. The van der Waals surface area contributed by atoms with Gasteiger partial charge in [-0.25, -0.2) is 4.98 Å². The van der Waals surface area contributed by atoms with Crippen molar-refractivity contribution >= 4 is 39.0 Å². The highest BCUT2D eigenvalue weighted by Gasteiger charge is 2.51. The third-order valence-corrected chi connectivity index (χ3v) is 10.0.